The molecule has 0 saturated heterocycles. The first-order chi connectivity index (χ1) is 12.6. The lowest BCUT2D eigenvalue weighted by Gasteiger charge is -2.09. The summed E-state index contributed by atoms with van der Waals surface area (Å²) in [4.78, 5) is 17.2. The van der Waals surface area contributed by atoms with Gasteiger partial charge in [-0.05, 0) is 23.6 Å². The second-order valence-corrected chi connectivity index (χ2v) is 7.46. The zero-order valence-electron chi connectivity index (χ0n) is 15.4. The summed E-state index contributed by atoms with van der Waals surface area (Å²) < 4.78 is 7.34. The van der Waals surface area contributed by atoms with Gasteiger partial charge in [0.05, 0.1) is 23.4 Å². The maximum absolute atomic E-state index is 12.6. The molecule has 4 nitrogen and oxygen atoms in total. The van der Waals surface area contributed by atoms with Gasteiger partial charge in [-0.25, -0.2) is 4.98 Å². The van der Waals surface area contributed by atoms with Gasteiger partial charge in [-0.2, -0.15) is 0 Å². The number of benzene rings is 2. The molecule has 0 bridgehead atoms. The van der Waals surface area contributed by atoms with Gasteiger partial charge >= 0.3 is 0 Å². The molecule has 0 aliphatic heterocycles. The molecule has 136 valence electrons. The minimum absolute atomic E-state index is 0.121. The molecular weight excluding hydrogens is 344 g/mol. The normalized spacial score (nSPS) is 11.4. The Balaban J connectivity index is 1.75. The Kier molecular flexibility index (Phi) is 6.12. The zero-order valence-corrected chi connectivity index (χ0v) is 16.3. The summed E-state index contributed by atoms with van der Waals surface area (Å²) in [5, 5.41) is 0.857. The third-order valence-electron chi connectivity index (χ3n) is 4.37. The summed E-state index contributed by atoms with van der Waals surface area (Å²) in [7, 11) is 1.69. The molecule has 0 fully saturated rings. The van der Waals surface area contributed by atoms with E-state index in [1.54, 1.807) is 7.11 Å². The van der Waals surface area contributed by atoms with E-state index >= 15 is 0 Å². The van der Waals surface area contributed by atoms with Crippen molar-refractivity contribution in [1.82, 2.24) is 9.55 Å². The highest BCUT2D eigenvalue weighted by Gasteiger charge is 2.14. The number of aromatic nitrogens is 2. The van der Waals surface area contributed by atoms with Crippen LogP contribution < -0.4 is 0 Å². The van der Waals surface area contributed by atoms with E-state index in [0.29, 0.717) is 18.3 Å². The number of para-hydroxylation sites is 2. The van der Waals surface area contributed by atoms with E-state index in [9.17, 15) is 4.79 Å². The number of methoxy groups -OCH3 is 1. The Bertz CT molecular complexity index is 885. The predicted molar refractivity (Wildman–Crippen MR) is 107 cm³/mol. The van der Waals surface area contributed by atoms with Gasteiger partial charge in [0.2, 0.25) is 0 Å². The Morgan fingerprint density at radius 1 is 1.15 bits per heavy atom. The molecule has 1 heterocycles. The summed E-state index contributed by atoms with van der Waals surface area (Å²) >= 11 is 1.48. The van der Waals surface area contributed by atoms with Gasteiger partial charge < -0.3 is 9.30 Å². The van der Waals surface area contributed by atoms with Crippen LogP contribution in [0.2, 0.25) is 0 Å². The first kappa shape index (κ1) is 18.7. The smallest absolute Gasteiger partial charge is 0.173 e. The van der Waals surface area contributed by atoms with Crippen LogP contribution in [0.15, 0.2) is 53.7 Å². The summed E-state index contributed by atoms with van der Waals surface area (Å²) in [5.74, 6) is 0.960. The van der Waals surface area contributed by atoms with Crippen molar-refractivity contribution in [2.45, 2.75) is 31.5 Å². The number of carbonyl (C=O) groups is 1. The Labute approximate surface area is 158 Å². The summed E-state index contributed by atoms with van der Waals surface area (Å²) in [6, 6.07) is 15.9. The van der Waals surface area contributed by atoms with Crippen molar-refractivity contribution >= 4 is 28.6 Å². The first-order valence-corrected chi connectivity index (χ1v) is 9.79. The summed E-state index contributed by atoms with van der Waals surface area (Å²) in [6.45, 7) is 5.63. The topological polar surface area (TPSA) is 44.1 Å². The maximum atomic E-state index is 12.6. The lowest BCUT2D eigenvalue weighted by Crippen LogP contribution is -2.08. The molecule has 0 amide bonds. The molecule has 0 unspecified atom stereocenters. The molecule has 0 aliphatic rings. The lowest BCUT2D eigenvalue weighted by molar-refractivity contribution is 0.102. The van der Waals surface area contributed by atoms with Crippen molar-refractivity contribution in [2.75, 3.05) is 19.5 Å². The molecule has 5 heteroatoms. The van der Waals surface area contributed by atoms with E-state index in [4.69, 9.17) is 4.74 Å². The van der Waals surface area contributed by atoms with Crippen molar-refractivity contribution < 1.29 is 9.53 Å². The van der Waals surface area contributed by atoms with Gasteiger partial charge in [0.1, 0.15) is 0 Å². The number of ether oxygens (including phenoxy) is 1. The fraction of sp³-hybridized carbons (Fsp3) is 0.333. The molecule has 3 aromatic rings. The molecular formula is C21H24N2O2S. The highest BCUT2D eigenvalue weighted by molar-refractivity contribution is 7.99. The minimum atomic E-state index is 0.121. The average molecular weight is 369 g/mol. The Hall–Kier alpha value is -2.11. The monoisotopic (exact) mass is 368 g/mol. The largest absolute Gasteiger partial charge is 0.383 e. The summed E-state index contributed by atoms with van der Waals surface area (Å²) in [5.41, 5.74) is 4.01. The number of thioether (sulfide) groups is 1. The molecule has 2 aromatic carbocycles. The molecule has 3 rings (SSSR count). The number of nitrogens with zero attached hydrogens (tertiary/aromatic N) is 2. The van der Waals surface area contributed by atoms with Crippen LogP contribution in [0.3, 0.4) is 0 Å². The number of carbonyl (C=O) groups excluding carboxylic acids is 1. The number of hydrogen-bond donors (Lipinski definition) is 0. The van der Waals surface area contributed by atoms with Gasteiger partial charge in [0.25, 0.3) is 0 Å². The second-order valence-electron chi connectivity index (χ2n) is 6.52. The van der Waals surface area contributed by atoms with Crippen molar-refractivity contribution in [3.05, 3.63) is 59.7 Å². The second kappa shape index (κ2) is 8.52. The van der Waals surface area contributed by atoms with Gasteiger partial charge in [-0.3, -0.25) is 4.79 Å². The zero-order chi connectivity index (χ0) is 18.5. The molecule has 0 spiro atoms. The molecule has 26 heavy (non-hydrogen) atoms. The van der Waals surface area contributed by atoms with Gasteiger partial charge in [-0.1, -0.05) is 62.0 Å². The molecule has 0 N–H and O–H groups in total. The predicted octanol–water partition coefficient (Wildman–Crippen LogP) is 4.78. The standard InChI is InChI=1S/C21H24N2O2S/c1-15(2)16-8-10-17(11-9-16)20(24)14-26-21-22-18-6-4-5-7-19(18)23(21)12-13-25-3/h4-11,15H,12-14H2,1-3H3. The van der Waals surface area contributed by atoms with Crippen LogP contribution in [0.5, 0.6) is 0 Å². The van der Waals surface area contributed by atoms with E-state index in [-0.39, 0.29) is 5.78 Å². The molecule has 0 aliphatic carbocycles. The quantitative estimate of drug-likeness (QED) is 0.424. The fourth-order valence-corrected chi connectivity index (χ4v) is 3.76. The van der Waals surface area contributed by atoms with Crippen LogP contribution in [-0.4, -0.2) is 34.8 Å². The summed E-state index contributed by atoms with van der Waals surface area (Å²) in [6.07, 6.45) is 0. The molecule has 1 aromatic heterocycles. The van der Waals surface area contributed by atoms with Gasteiger partial charge in [0, 0.05) is 19.2 Å². The average Bonchev–Trinajstić information content (AvgIpc) is 3.02. The number of fused-ring (bicyclic) bond motifs is 1. The van der Waals surface area contributed by atoms with Gasteiger partial charge in [0.15, 0.2) is 10.9 Å². The third-order valence-corrected chi connectivity index (χ3v) is 5.35. The van der Waals surface area contributed by atoms with Crippen LogP contribution in [-0.2, 0) is 11.3 Å². The molecule has 0 atom stereocenters. The van der Waals surface area contributed by atoms with E-state index in [2.05, 4.69) is 29.5 Å². The SMILES string of the molecule is COCCn1c(SCC(=O)c2ccc(C(C)C)cc2)nc2ccccc21. The number of imidazole rings is 1. The highest BCUT2D eigenvalue weighted by atomic mass is 32.2. The van der Waals surface area contributed by atoms with Crippen molar-refractivity contribution in [1.29, 1.82) is 0 Å². The first-order valence-electron chi connectivity index (χ1n) is 8.80. The molecule has 0 radical (unpaired) electrons. The lowest BCUT2D eigenvalue weighted by atomic mass is 10.0. The van der Waals surface area contributed by atoms with Crippen LogP contribution in [0.1, 0.15) is 35.7 Å². The Morgan fingerprint density at radius 2 is 1.88 bits per heavy atom. The number of hydrogen-bond acceptors (Lipinski definition) is 4. The van der Waals surface area contributed by atoms with Crippen LogP contribution in [0.25, 0.3) is 11.0 Å². The van der Waals surface area contributed by atoms with Crippen molar-refractivity contribution in [2.24, 2.45) is 0 Å². The van der Waals surface area contributed by atoms with Crippen LogP contribution in [0, 0.1) is 0 Å². The van der Waals surface area contributed by atoms with E-state index in [0.717, 1.165) is 28.3 Å². The van der Waals surface area contributed by atoms with E-state index in [1.165, 1.54) is 17.3 Å². The number of rotatable bonds is 8. The van der Waals surface area contributed by atoms with E-state index in [1.807, 2.05) is 42.5 Å². The van der Waals surface area contributed by atoms with Crippen LogP contribution >= 0.6 is 11.8 Å². The highest BCUT2D eigenvalue weighted by Crippen LogP contribution is 2.25. The Morgan fingerprint density at radius 3 is 2.58 bits per heavy atom. The molecule has 0 saturated carbocycles. The fourth-order valence-electron chi connectivity index (χ4n) is 2.83. The van der Waals surface area contributed by atoms with E-state index < -0.39 is 0 Å². The number of ketones is 1. The number of Topliss-reactive ketones (excluding diaryl/α,β-unsaturated/α-hetero) is 1. The van der Waals surface area contributed by atoms with Crippen molar-refractivity contribution in [3.63, 3.8) is 0 Å². The minimum Gasteiger partial charge on any atom is -0.383 e. The van der Waals surface area contributed by atoms with Crippen molar-refractivity contribution in [3.8, 4) is 0 Å². The van der Waals surface area contributed by atoms with Gasteiger partial charge in [-0.15, -0.1) is 0 Å². The third kappa shape index (κ3) is 4.17. The van der Waals surface area contributed by atoms with Crippen LogP contribution in [0.4, 0.5) is 0 Å². The maximum Gasteiger partial charge on any atom is 0.173 e.